The molecular formula is C7H12IN3. The lowest BCUT2D eigenvalue weighted by atomic mass is 10.2. The zero-order valence-electron chi connectivity index (χ0n) is 6.84. The predicted molar refractivity (Wildman–Crippen MR) is 52.3 cm³/mol. The number of aromatic nitrogens is 3. The van der Waals surface area contributed by atoms with E-state index in [0.29, 0.717) is 0 Å². The van der Waals surface area contributed by atoms with Gasteiger partial charge >= 0.3 is 0 Å². The maximum Gasteiger partial charge on any atom is 0.146 e. The Labute approximate surface area is 80.3 Å². The molecule has 0 aliphatic heterocycles. The second kappa shape index (κ2) is 4.04. The van der Waals surface area contributed by atoms with Gasteiger partial charge in [0, 0.05) is 7.05 Å². The second-order valence-corrected chi connectivity index (χ2v) is 3.58. The van der Waals surface area contributed by atoms with E-state index < -0.39 is 0 Å². The number of aryl methyl sites for hydroxylation is 1. The molecule has 62 valence electrons. The first-order chi connectivity index (χ1) is 5.25. The van der Waals surface area contributed by atoms with Crippen LogP contribution >= 0.6 is 22.6 Å². The van der Waals surface area contributed by atoms with Crippen molar-refractivity contribution >= 4 is 22.6 Å². The van der Waals surface area contributed by atoms with Crippen molar-refractivity contribution in [2.75, 3.05) is 0 Å². The minimum absolute atomic E-state index is 1.04. The van der Waals surface area contributed by atoms with Crippen LogP contribution in [-0.4, -0.2) is 15.0 Å². The molecule has 0 saturated heterocycles. The summed E-state index contributed by atoms with van der Waals surface area (Å²) in [6, 6.07) is 0. The fraction of sp³-hybridized carbons (Fsp3) is 0.714. The van der Waals surface area contributed by atoms with Gasteiger partial charge in [-0.05, 0) is 35.4 Å². The van der Waals surface area contributed by atoms with Crippen LogP contribution in [0.4, 0.5) is 0 Å². The quantitative estimate of drug-likeness (QED) is 0.780. The Morgan fingerprint density at radius 3 is 2.73 bits per heavy atom. The van der Waals surface area contributed by atoms with E-state index >= 15 is 0 Å². The van der Waals surface area contributed by atoms with Gasteiger partial charge in [-0.1, -0.05) is 18.6 Å². The maximum absolute atomic E-state index is 3.97. The lowest BCUT2D eigenvalue weighted by Gasteiger charge is -1.98. The lowest BCUT2D eigenvalue weighted by Crippen LogP contribution is -1.98. The zero-order valence-corrected chi connectivity index (χ0v) is 9.00. The third kappa shape index (κ3) is 2.15. The molecule has 0 fully saturated rings. The largest absolute Gasteiger partial charge is 0.251 e. The third-order valence-electron chi connectivity index (χ3n) is 1.66. The highest BCUT2D eigenvalue weighted by molar-refractivity contribution is 14.1. The molecular weight excluding hydrogens is 253 g/mol. The summed E-state index contributed by atoms with van der Waals surface area (Å²) in [6.45, 7) is 2.19. The van der Waals surface area contributed by atoms with Crippen LogP contribution in [0.15, 0.2) is 0 Å². The van der Waals surface area contributed by atoms with E-state index in [1.807, 2.05) is 11.7 Å². The van der Waals surface area contributed by atoms with Crippen LogP contribution < -0.4 is 0 Å². The SMILES string of the molecule is CCCCc1c(I)nnn1C. The monoisotopic (exact) mass is 265 g/mol. The molecule has 0 N–H and O–H groups in total. The highest BCUT2D eigenvalue weighted by Gasteiger charge is 2.05. The van der Waals surface area contributed by atoms with Crippen molar-refractivity contribution in [2.24, 2.45) is 7.05 Å². The zero-order chi connectivity index (χ0) is 8.27. The van der Waals surface area contributed by atoms with E-state index in [1.54, 1.807) is 0 Å². The molecule has 1 heterocycles. The standard InChI is InChI=1S/C7H12IN3/c1-3-4-5-6-7(8)9-10-11(6)2/h3-5H2,1-2H3. The van der Waals surface area contributed by atoms with Crippen molar-refractivity contribution in [1.29, 1.82) is 0 Å². The molecule has 0 aliphatic rings. The summed E-state index contributed by atoms with van der Waals surface area (Å²) < 4.78 is 2.90. The van der Waals surface area contributed by atoms with Crippen LogP contribution in [0.3, 0.4) is 0 Å². The van der Waals surface area contributed by atoms with Gasteiger partial charge in [-0.25, -0.2) is 0 Å². The van der Waals surface area contributed by atoms with Gasteiger partial charge in [-0.15, -0.1) is 5.10 Å². The maximum atomic E-state index is 3.97. The van der Waals surface area contributed by atoms with E-state index in [0.717, 1.165) is 10.1 Å². The van der Waals surface area contributed by atoms with Gasteiger partial charge < -0.3 is 0 Å². The normalized spacial score (nSPS) is 10.5. The van der Waals surface area contributed by atoms with Gasteiger partial charge in [0.05, 0.1) is 5.69 Å². The Balaban J connectivity index is 2.67. The van der Waals surface area contributed by atoms with E-state index in [1.165, 1.54) is 18.5 Å². The summed E-state index contributed by atoms with van der Waals surface area (Å²) in [5.41, 5.74) is 1.26. The topological polar surface area (TPSA) is 30.7 Å². The third-order valence-corrected chi connectivity index (χ3v) is 2.50. The Hall–Kier alpha value is -0.130. The van der Waals surface area contributed by atoms with Crippen molar-refractivity contribution in [1.82, 2.24) is 15.0 Å². The minimum atomic E-state index is 1.04. The summed E-state index contributed by atoms with van der Waals surface area (Å²) in [7, 11) is 1.94. The van der Waals surface area contributed by atoms with Crippen LogP contribution in [0.2, 0.25) is 0 Å². The first kappa shape index (κ1) is 8.96. The number of hydrogen-bond acceptors (Lipinski definition) is 2. The first-order valence-corrected chi connectivity index (χ1v) is 4.87. The Morgan fingerprint density at radius 1 is 1.55 bits per heavy atom. The Morgan fingerprint density at radius 2 is 2.27 bits per heavy atom. The van der Waals surface area contributed by atoms with Gasteiger partial charge in [0.15, 0.2) is 0 Å². The van der Waals surface area contributed by atoms with Crippen molar-refractivity contribution in [3.63, 3.8) is 0 Å². The molecule has 0 bridgehead atoms. The number of unbranched alkanes of at least 4 members (excludes halogenated alkanes) is 1. The van der Waals surface area contributed by atoms with E-state index in [9.17, 15) is 0 Å². The van der Waals surface area contributed by atoms with E-state index in [-0.39, 0.29) is 0 Å². The summed E-state index contributed by atoms with van der Waals surface area (Å²) in [4.78, 5) is 0. The fourth-order valence-corrected chi connectivity index (χ4v) is 1.68. The molecule has 0 aromatic carbocycles. The van der Waals surface area contributed by atoms with Gasteiger partial charge in [0.1, 0.15) is 3.70 Å². The summed E-state index contributed by atoms with van der Waals surface area (Å²) in [5.74, 6) is 0. The van der Waals surface area contributed by atoms with Crippen LogP contribution in [0.5, 0.6) is 0 Å². The molecule has 4 heteroatoms. The number of nitrogens with zero attached hydrogens (tertiary/aromatic N) is 3. The van der Waals surface area contributed by atoms with E-state index in [2.05, 4.69) is 39.8 Å². The van der Waals surface area contributed by atoms with Crippen molar-refractivity contribution in [2.45, 2.75) is 26.2 Å². The molecule has 0 radical (unpaired) electrons. The van der Waals surface area contributed by atoms with Crippen LogP contribution in [-0.2, 0) is 13.5 Å². The second-order valence-electron chi connectivity index (χ2n) is 2.55. The molecule has 0 atom stereocenters. The molecule has 0 saturated carbocycles. The molecule has 0 spiro atoms. The fourth-order valence-electron chi connectivity index (χ4n) is 0.961. The van der Waals surface area contributed by atoms with Crippen LogP contribution in [0.1, 0.15) is 25.5 Å². The highest BCUT2D eigenvalue weighted by atomic mass is 127. The average Bonchev–Trinajstić information content (AvgIpc) is 2.29. The van der Waals surface area contributed by atoms with Gasteiger partial charge in [-0.3, -0.25) is 4.68 Å². The molecule has 1 aromatic rings. The van der Waals surface area contributed by atoms with Crippen LogP contribution in [0, 0.1) is 3.70 Å². The number of rotatable bonds is 3. The average molecular weight is 265 g/mol. The van der Waals surface area contributed by atoms with Crippen LogP contribution in [0.25, 0.3) is 0 Å². The smallest absolute Gasteiger partial charge is 0.146 e. The molecule has 11 heavy (non-hydrogen) atoms. The molecule has 3 nitrogen and oxygen atoms in total. The highest BCUT2D eigenvalue weighted by Crippen LogP contribution is 2.10. The summed E-state index contributed by atoms with van der Waals surface area (Å²) in [5, 5.41) is 7.90. The van der Waals surface area contributed by atoms with Crippen molar-refractivity contribution < 1.29 is 0 Å². The lowest BCUT2D eigenvalue weighted by molar-refractivity contribution is 0.655. The Kier molecular flexibility index (Phi) is 3.29. The molecule has 0 aliphatic carbocycles. The predicted octanol–water partition coefficient (Wildman–Crippen LogP) is 1.76. The molecule has 0 unspecified atom stereocenters. The number of hydrogen-bond donors (Lipinski definition) is 0. The van der Waals surface area contributed by atoms with Crippen molar-refractivity contribution in [3.8, 4) is 0 Å². The number of halogens is 1. The van der Waals surface area contributed by atoms with Gasteiger partial charge in [0.25, 0.3) is 0 Å². The van der Waals surface area contributed by atoms with Gasteiger partial charge in [-0.2, -0.15) is 0 Å². The first-order valence-electron chi connectivity index (χ1n) is 3.79. The summed E-state index contributed by atoms with van der Waals surface area (Å²) in [6.07, 6.45) is 3.54. The van der Waals surface area contributed by atoms with Gasteiger partial charge in [0.2, 0.25) is 0 Å². The summed E-state index contributed by atoms with van der Waals surface area (Å²) >= 11 is 2.23. The molecule has 0 amide bonds. The molecule has 1 aromatic heterocycles. The van der Waals surface area contributed by atoms with E-state index in [4.69, 9.17) is 0 Å². The van der Waals surface area contributed by atoms with Crippen molar-refractivity contribution in [3.05, 3.63) is 9.39 Å². The Bertz CT molecular complexity index is 212. The molecule has 1 rings (SSSR count). The minimum Gasteiger partial charge on any atom is -0.251 e.